The maximum atomic E-state index is 12.8. The molecule has 0 fully saturated rings. The zero-order chi connectivity index (χ0) is 24.5. The zero-order valence-electron chi connectivity index (χ0n) is 17.9. The van der Waals surface area contributed by atoms with Crippen LogP contribution in [-0.2, 0) is 6.54 Å². The lowest BCUT2D eigenvalue weighted by atomic mass is 10.0. The third-order valence-corrected chi connectivity index (χ3v) is 7.22. The number of halogens is 1. The van der Waals surface area contributed by atoms with Gasteiger partial charge in [-0.05, 0) is 35.4 Å². The molecule has 0 atom stereocenters. The van der Waals surface area contributed by atoms with Crippen molar-refractivity contribution in [3.63, 3.8) is 0 Å². The number of amides is 1. The molecule has 0 aliphatic heterocycles. The van der Waals surface area contributed by atoms with Crippen molar-refractivity contribution in [1.82, 2.24) is 24.2 Å². The van der Waals surface area contributed by atoms with Crippen LogP contribution >= 0.6 is 30.3 Å². The fourth-order valence-electron chi connectivity index (χ4n) is 3.79. The number of hydrogen-bond acceptors (Lipinski definition) is 8. The van der Waals surface area contributed by atoms with Gasteiger partial charge in [0.15, 0.2) is 5.65 Å². The monoisotopic (exact) mass is 597 g/mol. The Morgan fingerprint density at radius 3 is 2.77 bits per heavy atom. The summed E-state index contributed by atoms with van der Waals surface area (Å²) in [4.78, 5) is 36.3. The molecule has 174 valence electrons. The number of benzene rings is 1. The Kier molecular flexibility index (Phi) is 6.21. The van der Waals surface area contributed by atoms with E-state index in [2.05, 4.69) is 41.5 Å². The first-order valence-electron chi connectivity index (χ1n) is 10.3. The maximum absolute atomic E-state index is 12.8. The molecular formula is C23H16IN7O3S. The molecule has 0 radical (unpaired) electrons. The van der Waals surface area contributed by atoms with Crippen LogP contribution in [0.2, 0.25) is 0 Å². The van der Waals surface area contributed by atoms with Gasteiger partial charge >= 0.3 is 5.69 Å². The first kappa shape index (κ1) is 23.0. The highest BCUT2D eigenvalue weighted by Gasteiger charge is 2.19. The summed E-state index contributed by atoms with van der Waals surface area (Å²) < 4.78 is 1.89. The number of rotatable bonds is 6. The van der Waals surface area contributed by atoms with Crippen LogP contribution in [0.25, 0.3) is 33.1 Å². The van der Waals surface area contributed by atoms with Crippen LogP contribution < -0.4 is 11.1 Å². The summed E-state index contributed by atoms with van der Waals surface area (Å²) in [6.07, 6.45) is 7.99. The summed E-state index contributed by atoms with van der Waals surface area (Å²) >= 11 is 2.16. The standard InChI is InChI=1S/C23H16IN7O3S/c24-35-30-12-18(14-3-4-19-17(6-14)21(25)20(11-27-19)31(33)34)16-7-15(10-28-22(16)30)23(32)29-9-13-2-1-5-26-8-13/h1-8,10-12H,9H2,(H2,25,27)(H,29,32). The van der Waals surface area contributed by atoms with Gasteiger partial charge in [0.05, 0.1) is 16.0 Å². The molecule has 5 rings (SSSR count). The molecule has 0 unspecified atom stereocenters. The number of nitrogens with one attached hydrogen (secondary N) is 1. The topological polar surface area (TPSA) is 142 Å². The highest BCUT2D eigenvalue weighted by atomic mass is 127. The zero-order valence-corrected chi connectivity index (χ0v) is 20.9. The Morgan fingerprint density at radius 1 is 1.17 bits per heavy atom. The average molecular weight is 597 g/mol. The largest absolute Gasteiger partial charge is 0.393 e. The lowest BCUT2D eigenvalue weighted by molar-refractivity contribution is -0.384. The number of nitrogens with zero attached hydrogens (tertiary/aromatic N) is 5. The van der Waals surface area contributed by atoms with Crippen molar-refractivity contribution in [3.05, 3.63) is 88.6 Å². The quantitative estimate of drug-likeness (QED) is 0.160. The Bertz CT molecular complexity index is 1610. The van der Waals surface area contributed by atoms with Gasteiger partial charge in [-0.25, -0.2) is 9.97 Å². The van der Waals surface area contributed by atoms with Crippen molar-refractivity contribution in [2.24, 2.45) is 0 Å². The van der Waals surface area contributed by atoms with Crippen LogP contribution in [0.4, 0.5) is 11.4 Å². The fourth-order valence-corrected chi connectivity index (χ4v) is 5.05. The normalized spacial score (nSPS) is 11.1. The average Bonchev–Trinajstić information content (AvgIpc) is 3.26. The van der Waals surface area contributed by atoms with Crippen LogP contribution in [0, 0.1) is 10.1 Å². The van der Waals surface area contributed by atoms with Gasteiger partial charge in [0.25, 0.3) is 5.91 Å². The van der Waals surface area contributed by atoms with Crippen molar-refractivity contribution in [2.75, 3.05) is 5.73 Å². The van der Waals surface area contributed by atoms with Gasteiger partial charge < -0.3 is 11.1 Å². The molecule has 35 heavy (non-hydrogen) atoms. The maximum Gasteiger partial charge on any atom is 0.310 e. The van der Waals surface area contributed by atoms with Crippen LogP contribution in [0.5, 0.6) is 0 Å². The summed E-state index contributed by atoms with van der Waals surface area (Å²) in [5, 5.41) is 15.4. The van der Waals surface area contributed by atoms with E-state index in [1.165, 1.54) is 9.12 Å². The summed E-state index contributed by atoms with van der Waals surface area (Å²) in [6.45, 7) is 0.345. The van der Waals surface area contributed by atoms with Gasteiger partial charge in [-0.1, -0.05) is 12.1 Å². The molecule has 0 bridgehead atoms. The second kappa shape index (κ2) is 9.46. The molecule has 3 N–H and O–H groups in total. The van der Waals surface area contributed by atoms with Crippen LogP contribution in [0.1, 0.15) is 15.9 Å². The second-order valence-electron chi connectivity index (χ2n) is 7.62. The van der Waals surface area contributed by atoms with Gasteiger partial charge in [0.2, 0.25) is 0 Å². The van der Waals surface area contributed by atoms with Crippen LogP contribution in [0.3, 0.4) is 0 Å². The van der Waals surface area contributed by atoms with Crippen molar-refractivity contribution in [3.8, 4) is 11.1 Å². The molecule has 4 heterocycles. The highest BCUT2D eigenvalue weighted by molar-refractivity contribution is 14.2. The summed E-state index contributed by atoms with van der Waals surface area (Å²) in [6, 6.07) is 10.9. The van der Waals surface area contributed by atoms with Crippen molar-refractivity contribution >= 4 is 69.5 Å². The van der Waals surface area contributed by atoms with Gasteiger partial charge in [-0.2, -0.15) is 0 Å². The van der Waals surface area contributed by atoms with E-state index in [4.69, 9.17) is 5.73 Å². The lowest BCUT2D eigenvalue weighted by Crippen LogP contribution is -2.23. The molecule has 0 aliphatic carbocycles. The van der Waals surface area contributed by atoms with Crippen LogP contribution in [-0.4, -0.2) is 29.8 Å². The summed E-state index contributed by atoms with van der Waals surface area (Å²) in [5.74, 6) is -0.258. The van der Waals surface area contributed by atoms with Gasteiger partial charge in [-0.3, -0.25) is 23.9 Å². The Hall–Kier alpha value is -3.78. The molecule has 1 amide bonds. The van der Waals surface area contributed by atoms with E-state index >= 15 is 0 Å². The number of anilines is 1. The highest BCUT2D eigenvalue weighted by Crippen LogP contribution is 2.37. The van der Waals surface area contributed by atoms with Crippen molar-refractivity contribution in [2.45, 2.75) is 6.54 Å². The van der Waals surface area contributed by atoms with E-state index in [1.807, 2.05) is 28.4 Å². The van der Waals surface area contributed by atoms with Crippen molar-refractivity contribution < 1.29 is 9.72 Å². The number of aromatic nitrogens is 4. The molecule has 0 aliphatic rings. The number of fused-ring (bicyclic) bond motifs is 2. The third kappa shape index (κ3) is 4.37. The predicted molar refractivity (Wildman–Crippen MR) is 144 cm³/mol. The minimum Gasteiger partial charge on any atom is -0.393 e. The summed E-state index contributed by atoms with van der Waals surface area (Å²) in [5.41, 5.74) is 10.0. The van der Waals surface area contributed by atoms with E-state index in [9.17, 15) is 14.9 Å². The third-order valence-electron chi connectivity index (χ3n) is 5.52. The van der Waals surface area contributed by atoms with E-state index in [0.29, 0.717) is 28.7 Å². The van der Waals surface area contributed by atoms with Crippen LogP contribution in [0.15, 0.2) is 67.4 Å². The Balaban J connectivity index is 1.57. The van der Waals surface area contributed by atoms with Gasteiger partial charge in [0, 0.05) is 78.0 Å². The molecule has 10 nitrogen and oxygen atoms in total. The van der Waals surface area contributed by atoms with E-state index in [-0.39, 0.29) is 17.3 Å². The number of nitrogens with two attached hydrogens (primary N) is 1. The minimum atomic E-state index is -0.548. The SMILES string of the molecule is Nc1c([N+](=O)[O-])cnc2ccc(-c3cn(SI)c4ncc(C(=O)NCc5cccnc5)cc34)cc12. The summed E-state index contributed by atoms with van der Waals surface area (Å²) in [7, 11) is 1.44. The number of hydrogen-bond donors (Lipinski definition) is 2. The molecule has 0 saturated heterocycles. The van der Waals surface area contributed by atoms with Gasteiger partial charge in [-0.15, -0.1) is 0 Å². The number of pyridine rings is 3. The van der Waals surface area contributed by atoms with Gasteiger partial charge in [0.1, 0.15) is 11.9 Å². The second-order valence-corrected chi connectivity index (χ2v) is 9.34. The van der Waals surface area contributed by atoms with E-state index in [1.54, 1.807) is 36.8 Å². The first-order chi connectivity index (χ1) is 17.0. The smallest absolute Gasteiger partial charge is 0.310 e. The van der Waals surface area contributed by atoms with E-state index < -0.39 is 4.92 Å². The Labute approximate surface area is 214 Å². The van der Waals surface area contributed by atoms with E-state index in [0.717, 1.165) is 28.3 Å². The molecule has 5 aromatic rings. The first-order valence-corrected chi connectivity index (χ1v) is 13.6. The number of carbonyl (C=O) groups is 1. The molecule has 0 spiro atoms. The number of carbonyl (C=O) groups excluding carboxylic acids is 1. The lowest BCUT2D eigenvalue weighted by Gasteiger charge is -2.07. The minimum absolute atomic E-state index is 0.0578. The fraction of sp³-hybridized carbons (Fsp3) is 0.0435. The molecule has 0 saturated carbocycles. The molecular weight excluding hydrogens is 581 g/mol. The number of nitro groups is 1. The van der Waals surface area contributed by atoms with Crippen molar-refractivity contribution in [1.29, 1.82) is 0 Å². The predicted octanol–water partition coefficient (Wildman–Crippen LogP) is 4.91. The Morgan fingerprint density at radius 2 is 2.03 bits per heavy atom. The molecule has 12 heteroatoms. The molecule has 4 aromatic heterocycles. The molecule has 1 aromatic carbocycles. The number of nitrogen functional groups attached to an aromatic ring is 1.